The van der Waals surface area contributed by atoms with Crippen molar-refractivity contribution in [2.24, 2.45) is 0 Å². The molecule has 0 aliphatic rings. The normalized spacial score (nSPS) is 10.5. The molecule has 3 aromatic rings. The Kier molecular flexibility index (Phi) is 5.71. The molecule has 3 rings (SSSR count). The maximum absolute atomic E-state index is 12.3. The predicted molar refractivity (Wildman–Crippen MR) is 109 cm³/mol. The minimum Gasteiger partial charge on any atom is -0.491 e. The van der Waals surface area contributed by atoms with Gasteiger partial charge in [0.15, 0.2) is 0 Å². The fraction of sp³-hybridized carbons (Fsp3) is 0.182. The number of anilines is 3. The van der Waals surface area contributed by atoms with Crippen LogP contribution in [0.1, 0.15) is 29.8 Å². The van der Waals surface area contributed by atoms with Crippen LogP contribution in [-0.2, 0) is 0 Å². The monoisotopic (exact) mass is 361 g/mol. The molecule has 0 aliphatic carbocycles. The topological polar surface area (TPSA) is 63.2 Å². The molecular weight excluding hydrogens is 338 g/mol. The van der Waals surface area contributed by atoms with Gasteiger partial charge in [-0.3, -0.25) is 4.79 Å². The van der Waals surface area contributed by atoms with Crippen LogP contribution in [0.2, 0.25) is 0 Å². The summed E-state index contributed by atoms with van der Waals surface area (Å²) in [5, 5.41) is 6.08. The third-order valence-corrected chi connectivity index (χ3v) is 3.80. The molecule has 27 heavy (non-hydrogen) atoms. The van der Waals surface area contributed by atoms with E-state index in [1.54, 1.807) is 12.3 Å². The number of ether oxygens (including phenoxy) is 1. The number of nitrogens with one attached hydrogen (secondary N) is 2. The zero-order valence-electron chi connectivity index (χ0n) is 15.7. The van der Waals surface area contributed by atoms with Crippen molar-refractivity contribution in [3.63, 3.8) is 0 Å². The molecule has 1 aromatic heterocycles. The molecule has 0 saturated heterocycles. The molecule has 0 fully saturated rings. The minimum absolute atomic E-state index is 0.146. The number of nitrogens with zero attached hydrogens (tertiary/aromatic N) is 1. The lowest BCUT2D eigenvalue weighted by Gasteiger charge is -2.11. The summed E-state index contributed by atoms with van der Waals surface area (Å²) >= 11 is 0. The molecule has 5 nitrogen and oxygen atoms in total. The Balaban J connectivity index is 1.61. The number of hydrogen-bond donors (Lipinski definition) is 2. The lowest BCUT2D eigenvalue weighted by molar-refractivity contribution is 0.102. The second kappa shape index (κ2) is 8.36. The van der Waals surface area contributed by atoms with E-state index < -0.39 is 0 Å². The van der Waals surface area contributed by atoms with Crippen molar-refractivity contribution >= 4 is 23.1 Å². The molecule has 0 radical (unpaired) electrons. The van der Waals surface area contributed by atoms with Crippen molar-refractivity contribution in [3.8, 4) is 5.75 Å². The van der Waals surface area contributed by atoms with E-state index in [0.29, 0.717) is 17.1 Å². The number of carbonyl (C=O) groups excluding carboxylic acids is 1. The number of carbonyl (C=O) groups is 1. The first kappa shape index (κ1) is 18.5. The molecule has 1 heterocycles. The summed E-state index contributed by atoms with van der Waals surface area (Å²) in [6, 6.07) is 18.8. The Bertz CT molecular complexity index is 904. The Morgan fingerprint density at radius 2 is 1.74 bits per heavy atom. The van der Waals surface area contributed by atoms with Crippen LogP contribution in [0, 0.1) is 6.92 Å². The van der Waals surface area contributed by atoms with E-state index in [0.717, 1.165) is 17.0 Å². The van der Waals surface area contributed by atoms with Gasteiger partial charge in [0.05, 0.1) is 18.0 Å². The van der Waals surface area contributed by atoms with Gasteiger partial charge in [0.25, 0.3) is 5.91 Å². The van der Waals surface area contributed by atoms with Crippen LogP contribution in [0.3, 0.4) is 0 Å². The highest BCUT2D eigenvalue weighted by atomic mass is 16.5. The Hall–Kier alpha value is -3.34. The van der Waals surface area contributed by atoms with Gasteiger partial charge in [-0.1, -0.05) is 17.7 Å². The maximum atomic E-state index is 12.3. The summed E-state index contributed by atoms with van der Waals surface area (Å²) in [5.74, 6) is 1.38. The molecule has 0 bridgehead atoms. The van der Waals surface area contributed by atoms with Gasteiger partial charge in [-0.05, 0) is 69.3 Å². The number of aryl methyl sites for hydroxylation is 1. The van der Waals surface area contributed by atoms with E-state index in [2.05, 4.69) is 15.6 Å². The zero-order chi connectivity index (χ0) is 19.2. The molecule has 1 amide bonds. The van der Waals surface area contributed by atoms with Gasteiger partial charge >= 0.3 is 0 Å². The molecule has 2 N–H and O–H groups in total. The van der Waals surface area contributed by atoms with Crippen molar-refractivity contribution in [3.05, 3.63) is 78.0 Å². The summed E-state index contributed by atoms with van der Waals surface area (Å²) in [6.45, 7) is 5.95. The van der Waals surface area contributed by atoms with Crippen LogP contribution in [0.25, 0.3) is 0 Å². The molecule has 0 saturated carbocycles. The first-order valence-corrected chi connectivity index (χ1v) is 8.87. The molecule has 0 spiro atoms. The number of benzene rings is 2. The number of aromatic nitrogens is 1. The number of pyridine rings is 1. The zero-order valence-corrected chi connectivity index (χ0v) is 15.7. The number of amides is 1. The summed E-state index contributed by atoms with van der Waals surface area (Å²) in [7, 11) is 0. The van der Waals surface area contributed by atoms with Crippen molar-refractivity contribution in [2.45, 2.75) is 26.9 Å². The van der Waals surface area contributed by atoms with Crippen LogP contribution in [0.5, 0.6) is 5.75 Å². The smallest absolute Gasteiger partial charge is 0.255 e. The molecule has 5 heteroatoms. The number of hydrogen-bond acceptors (Lipinski definition) is 4. The van der Waals surface area contributed by atoms with E-state index in [4.69, 9.17) is 4.74 Å². The average molecular weight is 361 g/mol. The van der Waals surface area contributed by atoms with Crippen LogP contribution < -0.4 is 15.4 Å². The molecule has 0 atom stereocenters. The summed E-state index contributed by atoms with van der Waals surface area (Å²) in [6.07, 6.45) is 1.78. The minimum atomic E-state index is -0.151. The average Bonchev–Trinajstić information content (AvgIpc) is 2.64. The highest BCUT2D eigenvalue weighted by Gasteiger charge is 2.06. The highest BCUT2D eigenvalue weighted by molar-refractivity contribution is 6.04. The van der Waals surface area contributed by atoms with Gasteiger partial charge in [0.2, 0.25) is 0 Å². The van der Waals surface area contributed by atoms with Gasteiger partial charge in [-0.2, -0.15) is 0 Å². The highest BCUT2D eigenvalue weighted by Crippen LogP contribution is 2.20. The van der Waals surface area contributed by atoms with Crippen molar-refractivity contribution < 1.29 is 9.53 Å². The third-order valence-electron chi connectivity index (χ3n) is 3.80. The Morgan fingerprint density at radius 3 is 2.37 bits per heavy atom. The van der Waals surface area contributed by atoms with Crippen LogP contribution >= 0.6 is 0 Å². The molecule has 2 aromatic carbocycles. The SMILES string of the molecule is Cc1cccc(C(=O)Nc2ccc(Nc3ccc(OC(C)C)cc3)nc2)c1. The van der Waals surface area contributed by atoms with Gasteiger partial charge in [-0.15, -0.1) is 0 Å². The second-order valence-corrected chi connectivity index (χ2v) is 6.57. The van der Waals surface area contributed by atoms with Crippen molar-refractivity contribution in [2.75, 3.05) is 10.6 Å². The molecule has 138 valence electrons. The Morgan fingerprint density at radius 1 is 1.00 bits per heavy atom. The van der Waals surface area contributed by atoms with Gasteiger partial charge in [-0.25, -0.2) is 4.98 Å². The maximum Gasteiger partial charge on any atom is 0.255 e. The second-order valence-electron chi connectivity index (χ2n) is 6.57. The van der Waals surface area contributed by atoms with Crippen molar-refractivity contribution in [1.82, 2.24) is 4.98 Å². The predicted octanol–water partition coefficient (Wildman–Crippen LogP) is 5.17. The van der Waals surface area contributed by atoms with E-state index in [-0.39, 0.29) is 12.0 Å². The van der Waals surface area contributed by atoms with E-state index in [9.17, 15) is 4.79 Å². The van der Waals surface area contributed by atoms with Crippen LogP contribution in [0.15, 0.2) is 66.9 Å². The van der Waals surface area contributed by atoms with E-state index in [1.807, 2.05) is 75.4 Å². The quantitative estimate of drug-likeness (QED) is 0.635. The van der Waals surface area contributed by atoms with Gasteiger partial charge in [0, 0.05) is 11.3 Å². The van der Waals surface area contributed by atoms with Crippen LogP contribution in [0.4, 0.5) is 17.2 Å². The largest absolute Gasteiger partial charge is 0.491 e. The first-order valence-electron chi connectivity index (χ1n) is 8.87. The first-order chi connectivity index (χ1) is 13.0. The summed E-state index contributed by atoms with van der Waals surface area (Å²) in [4.78, 5) is 16.6. The van der Waals surface area contributed by atoms with Crippen molar-refractivity contribution in [1.29, 1.82) is 0 Å². The summed E-state index contributed by atoms with van der Waals surface area (Å²) in [5.41, 5.74) is 3.23. The summed E-state index contributed by atoms with van der Waals surface area (Å²) < 4.78 is 5.63. The van der Waals surface area contributed by atoms with E-state index >= 15 is 0 Å². The van der Waals surface area contributed by atoms with Gasteiger partial charge < -0.3 is 15.4 Å². The van der Waals surface area contributed by atoms with Crippen LogP contribution in [-0.4, -0.2) is 17.0 Å². The van der Waals surface area contributed by atoms with Gasteiger partial charge in [0.1, 0.15) is 11.6 Å². The number of rotatable bonds is 6. The molecular formula is C22H23N3O2. The Labute approximate surface area is 159 Å². The lowest BCUT2D eigenvalue weighted by Crippen LogP contribution is -2.12. The fourth-order valence-electron chi connectivity index (χ4n) is 2.57. The molecule has 0 aliphatic heterocycles. The van der Waals surface area contributed by atoms with E-state index in [1.165, 1.54) is 0 Å². The molecule has 0 unspecified atom stereocenters. The lowest BCUT2D eigenvalue weighted by atomic mass is 10.1. The fourth-order valence-corrected chi connectivity index (χ4v) is 2.57. The standard InChI is InChI=1S/C22H23N3O2/c1-15(2)27-20-10-7-18(8-11-20)24-21-12-9-19(14-23-21)25-22(26)17-6-4-5-16(3)13-17/h4-15H,1-3H3,(H,23,24)(H,25,26). The third kappa shape index (κ3) is 5.31.